The fourth-order valence-electron chi connectivity index (χ4n) is 2.80. The van der Waals surface area contributed by atoms with E-state index >= 15 is 0 Å². The SMILES string of the molecule is CC(C)(O)CC1C[C@H]2CC[C@@H]1N2. The van der Waals surface area contributed by atoms with Crippen molar-refractivity contribution in [1.82, 2.24) is 5.32 Å². The van der Waals surface area contributed by atoms with Crippen LogP contribution < -0.4 is 5.32 Å². The second kappa shape index (κ2) is 2.71. The second-order valence-corrected chi connectivity index (χ2v) is 5.06. The van der Waals surface area contributed by atoms with Crippen molar-refractivity contribution in [1.29, 1.82) is 0 Å². The van der Waals surface area contributed by atoms with E-state index in [9.17, 15) is 5.11 Å². The van der Waals surface area contributed by atoms with Gasteiger partial charge in [-0.3, -0.25) is 0 Å². The first-order valence-electron chi connectivity index (χ1n) is 5.03. The summed E-state index contributed by atoms with van der Waals surface area (Å²) in [4.78, 5) is 0. The topological polar surface area (TPSA) is 32.3 Å². The molecule has 0 aromatic rings. The highest BCUT2D eigenvalue weighted by Crippen LogP contribution is 2.37. The number of hydrogen-bond acceptors (Lipinski definition) is 2. The molecule has 0 radical (unpaired) electrons. The molecule has 0 saturated carbocycles. The molecule has 2 heteroatoms. The number of aliphatic hydroxyl groups is 1. The Kier molecular flexibility index (Phi) is 1.92. The van der Waals surface area contributed by atoms with E-state index in [4.69, 9.17) is 0 Å². The van der Waals surface area contributed by atoms with Crippen LogP contribution in [-0.4, -0.2) is 22.8 Å². The summed E-state index contributed by atoms with van der Waals surface area (Å²) < 4.78 is 0. The predicted molar refractivity (Wildman–Crippen MR) is 49.0 cm³/mol. The Labute approximate surface area is 74.4 Å². The predicted octanol–water partition coefficient (Wildman–Crippen LogP) is 1.29. The van der Waals surface area contributed by atoms with Gasteiger partial charge in [-0.25, -0.2) is 0 Å². The van der Waals surface area contributed by atoms with Crippen molar-refractivity contribution in [2.75, 3.05) is 0 Å². The van der Waals surface area contributed by atoms with Crippen molar-refractivity contribution in [3.8, 4) is 0 Å². The lowest BCUT2D eigenvalue weighted by Gasteiger charge is -2.26. The van der Waals surface area contributed by atoms with Gasteiger partial charge >= 0.3 is 0 Å². The number of nitrogens with one attached hydrogen (secondary N) is 1. The Morgan fingerprint density at radius 2 is 2.17 bits per heavy atom. The van der Waals surface area contributed by atoms with Crippen LogP contribution in [0, 0.1) is 5.92 Å². The first kappa shape index (κ1) is 8.52. The zero-order valence-corrected chi connectivity index (χ0v) is 8.01. The fraction of sp³-hybridized carbons (Fsp3) is 1.00. The number of fused-ring (bicyclic) bond motifs is 2. The summed E-state index contributed by atoms with van der Waals surface area (Å²) in [6.07, 6.45) is 4.92. The van der Waals surface area contributed by atoms with Gasteiger partial charge < -0.3 is 10.4 Å². The van der Waals surface area contributed by atoms with E-state index in [0.29, 0.717) is 6.04 Å². The molecular formula is C10H19NO. The molecule has 2 heterocycles. The monoisotopic (exact) mass is 169 g/mol. The standard InChI is InChI=1S/C10H19NO/c1-10(2,12)6-7-5-8-3-4-9(7)11-8/h7-9,11-12H,3-6H2,1-2H3/t7?,8-,9+/m1/s1. The Bertz CT molecular complexity index is 173. The molecule has 0 aromatic carbocycles. The van der Waals surface area contributed by atoms with Crippen molar-refractivity contribution in [3.63, 3.8) is 0 Å². The van der Waals surface area contributed by atoms with Crippen LogP contribution in [0.25, 0.3) is 0 Å². The number of rotatable bonds is 2. The van der Waals surface area contributed by atoms with E-state index in [-0.39, 0.29) is 0 Å². The molecule has 2 aliphatic rings. The van der Waals surface area contributed by atoms with Crippen LogP contribution in [0.5, 0.6) is 0 Å². The molecule has 2 rings (SSSR count). The molecule has 3 atom stereocenters. The molecular weight excluding hydrogens is 150 g/mol. The zero-order chi connectivity index (χ0) is 8.77. The minimum absolute atomic E-state index is 0.475. The van der Waals surface area contributed by atoms with Crippen LogP contribution in [0.4, 0.5) is 0 Å². The molecule has 70 valence electrons. The van der Waals surface area contributed by atoms with E-state index in [2.05, 4.69) is 5.32 Å². The molecule has 2 aliphatic heterocycles. The van der Waals surface area contributed by atoms with E-state index in [1.54, 1.807) is 0 Å². The highest BCUT2D eigenvalue weighted by atomic mass is 16.3. The Balaban J connectivity index is 1.91. The van der Waals surface area contributed by atoms with Crippen LogP contribution >= 0.6 is 0 Å². The minimum Gasteiger partial charge on any atom is -0.390 e. The van der Waals surface area contributed by atoms with Gasteiger partial charge in [-0.05, 0) is 45.4 Å². The van der Waals surface area contributed by atoms with Crippen LogP contribution in [0.2, 0.25) is 0 Å². The third kappa shape index (κ3) is 1.64. The first-order chi connectivity index (χ1) is 5.54. The molecule has 1 unspecified atom stereocenters. The summed E-state index contributed by atoms with van der Waals surface area (Å²) in [6.45, 7) is 3.83. The Morgan fingerprint density at radius 3 is 2.58 bits per heavy atom. The van der Waals surface area contributed by atoms with Crippen LogP contribution in [-0.2, 0) is 0 Å². The van der Waals surface area contributed by atoms with E-state index in [1.807, 2.05) is 13.8 Å². The maximum atomic E-state index is 9.68. The molecule has 2 bridgehead atoms. The molecule has 0 amide bonds. The normalized spacial score (nSPS) is 40.8. The van der Waals surface area contributed by atoms with Crippen molar-refractivity contribution >= 4 is 0 Å². The summed E-state index contributed by atoms with van der Waals surface area (Å²) >= 11 is 0. The summed E-state index contributed by atoms with van der Waals surface area (Å²) in [5.41, 5.74) is -0.475. The van der Waals surface area contributed by atoms with Gasteiger partial charge in [0.05, 0.1) is 5.60 Å². The molecule has 2 saturated heterocycles. The second-order valence-electron chi connectivity index (χ2n) is 5.06. The molecule has 2 N–H and O–H groups in total. The largest absolute Gasteiger partial charge is 0.390 e. The molecule has 12 heavy (non-hydrogen) atoms. The number of hydrogen-bond donors (Lipinski definition) is 2. The Hall–Kier alpha value is -0.0800. The molecule has 0 spiro atoms. The molecule has 0 aromatic heterocycles. The average Bonchev–Trinajstić information content (AvgIpc) is 2.42. The third-order valence-corrected chi connectivity index (χ3v) is 3.19. The van der Waals surface area contributed by atoms with Gasteiger partial charge in [0, 0.05) is 12.1 Å². The summed E-state index contributed by atoms with van der Waals surface area (Å²) in [6, 6.07) is 1.48. The first-order valence-corrected chi connectivity index (χ1v) is 5.03. The summed E-state index contributed by atoms with van der Waals surface area (Å²) in [5, 5.41) is 13.3. The van der Waals surface area contributed by atoms with Gasteiger partial charge in [0.1, 0.15) is 0 Å². The van der Waals surface area contributed by atoms with Crippen molar-refractivity contribution < 1.29 is 5.11 Å². The van der Waals surface area contributed by atoms with Crippen LogP contribution in [0.15, 0.2) is 0 Å². The zero-order valence-electron chi connectivity index (χ0n) is 8.01. The van der Waals surface area contributed by atoms with E-state index in [1.165, 1.54) is 19.3 Å². The van der Waals surface area contributed by atoms with Crippen molar-refractivity contribution in [2.45, 2.75) is 57.2 Å². The maximum absolute atomic E-state index is 9.68. The highest BCUT2D eigenvalue weighted by molar-refractivity contribution is 4.98. The van der Waals surface area contributed by atoms with Gasteiger partial charge in [0.2, 0.25) is 0 Å². The maximum Gasteiger partial charge on any atom is 0.0595 e. The lowest BCUT2D eigenvalue weighted by Crippen LogP contribution is -2.30. The fourth-order valence-corrected chi connectivity index (χ4v) is 2.80. The lowest BCUT2D eigenvalue weighted by atomic mass is 9.82. The summed E-state index contributed by atoms with van der Waals surface area (Å²) in [5.74, 6) is 0.726. The molecule has 0 aliphatic carbocycles. The molecule has 2 fully saturated rings. The molecule has 2 nitrogen and oxygen atoms in total. The third-order valence-electron chi connectivity index (χ3n) is 3.19. The van der Waals surface area contributed by atoms with Crippen molar-refractivity contribution in [2.24, 2.45) is 5.92 Å². The van der Waals surface area contributed by atoms with E-state index in [0.717, 1.165) is 18.4 Å². The van der Waals surface area contributed by atoms with Crippen LogP contribution in [0.1, 0.15) is 39.5 Å². The van der Waals surface area contributed by atoms with Crippen molar-refractivity contribution in [3.05, 3.63) is 0 Å². The van der Waals surface area contributed by atoms with Gasteiger partial charge in [0.15, 0.2) is 0 Å². The van der Waals surface area contributed by atoms with Gasteiger partial charge in [-0.1, -0.05) is 0 Å². The smallest absolute Gasteiger partial charge is 0.0595 e. The summed E-state index contributed by atoms with van der Waals surface area (Å²) in [7, 11) is 0. The van der Waals surface area contributed by atoms with Gasteiger partial charge in [-0.2, -0.15) is 0 Å². The van der Waals surface area contributed by atoms with Crippen LogP contribution in [0.3, 0.4) is 0 Å². The Morgan fingerprint density at radius 1 is 1.42 bits per heavy atom. The van der Waals surface area contributed by atoms with Gasteiger partial charge in [-0.15, -0.1) is 0 Å². The highest BCUT2D eigenvalue weighted by Gasteiger charge is 2.40. The minimum atomic E-state index is -0.475. The van der Waals surface area contributed by atoms with Gasteiger partial charge in [0.25, 0.3) is 0 Å². The average molecular weight is 169 g/mol. The van der Waals surface area contributed by atoms with E-state index < -0.39 is 5.60 Å². The lowest BCUT2D eigenvalue weighted by molar-refractivity contribution is 0.0482. The quantitative estimate of drug-likeness (QED) is 0.653.